The van der Waals surface area contributed by atoms with Crippen LogP contribution >= 0.6 is 0 Å². The number of amides is 1. The van der Waals surface area contributed by atoms with Gasteiger partial charge in [-0.25, -0.2) is 23.7 Å². The van der Waals surface area contributed by atoms with Gasteiger partial charge in [0.1, 0.15) is 23.8 Å². The summed E-state index contributed by atoms with van der Waals surface area (Å²) in [5.74, 6) is 1.34. The fourth-order valence-electron chi connectivity index (χ4n) is 4.74. The van der Waals surface area contributed by atoms with E-state index in [1.54, 1.807) is 18.0 Å². The molecule has 3 aromatic heterocycles. The minimum atomic E-state index is -2.75. The van der Waals surface area contributed by atoms with E-state index in [2.05, 4.69) is 14.5 Å². The molecule has 0 N–H and O–H groups in total. The predicted molar refractivity (Wildman–Crippen MR) is 117 cm³/mol. The molecule has 0 saturated heterocycles. The van der Waals surface area contributed by atoms with E-state index < -0.39 is 6.43 Å². The van der Waals surface area contributed by atoms with Crippen LogP contribution in [0.3, 0.4) is 0 Å². The Bertz CT molecular complexity index is 1390. The summed E-state index contributed by atoms with van der Waals surface area (Å²) in [6.45, 7) is 2.30. The van der Waals surface area contributed by atoms with Gasteiger partial charge in [-0.3, -0.25) is 4.79 Å². The Labute approximate surface area is 188 Å². The van der Waals surface area contributed by atoms with Crippen LogP contribution in [0.1, 0.15) is 55.2 Å². The van der Waals surface area contributed by atoms with Crippen molar-refractivity contribution < 1.29 is 18.0 Å². The molecule has 1 aliphatic heterocycles. The lowest BCUT2D eigenvalue weighted by Crippen LogP contribution is -2.39. The van der Waals surface area contributed by atoms with Gasteiger partial charge in [0.25, 0.3) is 6.43 Å². The minimum Gasteiger partial charge on any atom is -0.443 e. The second-order valence-corrected chi connectivity index (χ2v) is 8.72. The van der Waals surface area contributed by atoms with E-state index in [9.17, 15) is 13.6 Å². The molecule has 1 aromatic carbocycles. The molecule has 0 bridgehead atoms. The molecule has 0 spiro atoms. The van der Waals surface area contributed by atoms with Gasteiger partial charge in [0.2, 0.25) is 11.8 Å². The largest absolute Gasteiger partial charge is 0.443 e. The van der Waals surface area contributed by atoms with Crippen molar-refractivity contribution in [3.8, 4) is 22.8 Å². The Morgan fingerprint density at radius 3 is 2.70 bits per heavy atom. The normalized spacial score (nSPS) is 18.4. The standard InChI is InChI=1S/C24H21F2N5O2/c1-12-24(32)30(2)11-18-19(29-22(31(12)18)13-6-7-13)14-4-3-5-17-15(14)10-16(21(25)26)20(28-17)23-27-8-9-33-23/h3-5,8-10,12-13,21H,6-7,11H2,1-2H3/t12-/m1/s1. The molecule has 1 fully saturated rings. The Balaban J connectivity index is 1.60. The van der Waals surface area contributed by atoms with Crippen molar-refractivity contribution in [3.05, 3.63) is 53.8 Å². The van der Waals surface area contributed by atoms with Crippen LogP contribution in [-0.2, 0) is 11.3 Å². The Kier molecular flexibility index (Phi) is 4.36. The van der Waals surface area contributed by atoms with E-state index in [0.717, 1.165) is 35.6 Å². The van der Waals surface area contributed by atoms with Crippen LogP contribution in [0.25, 0.3) is 33.7 Å². The molecule has 0 unspecified atom stereocenters. The van der Waals surface area contributed by atoms with Crippen molar-refractivity contribution in [2.24, 2.45) is 0 Å². The summed E-state index contributed by atoms with van der Waals surface area (Å²) in [5, 5.41) is 0.582. The van der Waals surface area contributed by atoms with Crippen LogP contribution in [0.5, 0.6) is 0 Å². The van der Waals surface area contributed by atoms with Gasteiger partial charge in [-0.1, -0.05) is 12.1 Å². The highest BCUT2D eigenvalue weighted by molar-refractivity contribution is 5.96. The zero-order valence-electron chi connectivity index (χ0n) is 18.1. The first-order chi connectivity index (χ1) is 15.9. The van der Waals surface area contributed by atoms with Gasteiger partial charge in [0, 0.05) is 29.5 Å². The molecule has 2 aliphatic rings. The van der Waals surface area contributed by atoms with E-state index in [4.69, 9.17) is 9.40 Å². The Morgan fingerprint density at radius 2 is 2.00 bits per heavy atom. The number of nitrogens with zero attached hydrogens (tertiary/aromatic N) is 5. The zero-order chi connectivity index (χ0) is 22.9. The van der Waals surface area contributed by atoms with Crippen LogP contribution in [0.4, 0.5) is 8.78 Å². The van der Waals surface area contributed by atoms with Gasteiger partial charge in [0.15, 0.2) is 0 Å². The number of likely N-dealkylation sites (N-methyl/N-ethyl adjacent to an activating group) is 1. The number of imidazole rings is 1. The lowest BCUT2D eigenvalue weighted by Gasteiger charge is -2.31. The molecular formula is C24H21F2N5O2. The highest BCUT2D eigenvalue weighted by Gasteiger charge is 2.38. The van der Waals surface area contributed by atoms with Crippen LogP contribution in [0.2, 0.25) is 0 Å². The summed E-state index contributed by atoms with van der Waals surface area (Å²) in [6, 6.07) is 6.62. The lowest BCUT2D eigenvalue weighted by molar-refractivity contribution is -0.135. The molecule has 9 heteroatoms. The number of alkyl halides is 2. The molecule has 1 aliphatic carbocycles. The molecular weight excluding hydrogens is 428 g/mol. The number of aromatic nitrogens is 4. The smallest absolute Gasteiger partial charge is 0.266 e. The maximum atomic E-state index is 14.0. The van der Waals surface area contributed by atoms with E-state index >= 15 is 0 Å². The third-order valence-corrected chi connectivity index (χ3v) is 6.50. The van der Waals surface area contributed by atoms with Crippen molar-refractivity contribution in [1.29, 1.82) is 0 Å². The summed E-state index contributed by atoms with van der Waals surface area (Å²) >= 11 is 0. The van der Waals surface area contributed by atoms with Crippen LogP contribution in [0, 0.1) is 0 Å². The fraction of sp³-hybridized carbons (Fsp3) is 0.333. The van der Waals surface area contributed by atoms with E-state index in [-0.39, 0.29) is 29.1 Å². The predicted octanol–water partition coefficient (Wildman–Crippen LogP) is 5.10. The SMILES string of the molecule is C[C@@H]1C(=O)N(C)Cc2c(-c3cccc4nc(-c5ncco5)c(C(F)F)cc34)nc(C3CC3)n21. The molecule has 4 heterocycles. The number of hydrogen-bond acceptors (Lipinski definition) is 5. The first-order valence-corrected chi connectivity index (χ1v) is 10.9. The Hall–Kier alpha value is -3.62. The number of benzene rings is 1. The van der Waals surface area contributed by atoms with Crippen molar-refractivity contribution in [1.82, 2.24) is 24.4 Å². The third kappa shape index (κ3) is 3.06. The summed E-state index contributed by atoms with van der Waals surface area (Å²) in [7, 11) is 1.78. The summed E-state index contributed by atoms with van der Waals surface area (Å²) < 4.78 is 35.4. The van der Waals surface area contributed by atoms with Gasteiger partial charge in [0.05, 0.1) is 29.6 Å². The average Bonchev–Trinajstić information content (AvgIpc) is 3.36. The first-order valence-electron chi connectivity index (χ1n) is 10.9. The summed E-state index contributed by atoms with van der Waals surface area (Å²) in [5.41, 5.74) is 2.71. The molecule has 0 radical (unpaired) electrons. The summed E-state index contributed by atoms with van der Waals surface area (Å²) in [4.78, 5) is 27.9. The second-order valence-electron chi connectivity index (χ2n) is 8.72. The molecule has 1 atom stereocenters. The Morgan fingerprint density at radius 1 is 1.18 bits per heavy atom. The average molecular weight is 449 g/mol. The van der Waals surface area contributed by atoms with Gasteiger partial charge in [-0.15, -0.1) is 0 Å². The molecule has 1 amide bonds. The number of carbonyl (C=O) groups is 1. The van der Waals surface area contributed by atoms with Crippen molar-refractivity contribution in [3.63, 3.8) is 0 Å². The van der Waals surface area contributed by atoms with Gasteiger partial charge in [-0.2, -0.15) is 0 Å². The summed E-state index contributed by atoms with van der Waals surface area (Å²) in [6.07, 6.45) is 2.07. The number of oxazole rings is 1. The molecule has 1 saturated carbocycles. The fourth-order valence-corrected chi connectivity index (χ4v) is 4.74. The van der Waals surface area contributed by atoms with E-state index in [1.807, 2.05) is 19.1 Å². The molecule has 7 nitrogen and oxygen atoms in total. The van der Waals surface area contributed by atoms with E-state index in [1.165, 1.54) is 18.5 Å². The number of pyridine rings is 1. The number of carbonyl (C=O) groups excluding carboxylic acids is 1. The zero-order valence-corrected chi connectivity index (χ0v) is 18.1. The highest BCUT2D eigenvalue weighted by Crippen LogP contribution is 2.45. The minimum absolute atomic E-state index is 0.0316. The molecule has 6 rings (SSSR count). The van der Waals surface area contributed by atoms with Crippen LogP contribution in [0.15, 0.2) is 41.1 Å². The van der Waals surface area contributed by atoms with Crippen LogP contribution < -0.4 is 0 Å². The van der Waals surface area contributed by atoms with E-state index in [0.29, 0.717) is 23.4 Å². The lowest BCUT2D eigenvalue weighted by atomic mass is 10.00. The molecule has 168 valence electrons. The number of fused-ring (bicyclic) bond motifs is 2. The number of hydrogen-bond donors (Lipinski definition) is 0. The molecule has 4 aromatic rings. The third-order valence-electron chi connectivity index (χ3n) is 6.50. The van der Waals surface area contributed by atoms with Crippen LogP contribution in [-0.4, -0.2) is 37.4 Å². The second kappa shape index (κ2) is 7.19. The monoisotopic (exact) mass is 449 g/mol. The number of halogens is 2. The maximum absolute atomic E-state index is 14.0. The number of rotatable bonds is 4. The van der Waals surface area contributed by atoms with Gasteiger partial charge in [-0.05, 0) is 31.9 Å². The topological polar surface area (TPSA) is 77.1 Å². The maximum Gasteiger partial charge on any atom is 0.266 e. The highest BCUT2D eigenvalue weighted by atomic mass is 19.3. The first kappa shape index (κ1) is 20.0. The van der Waals surface area contributed by atoms with Crippen molar-refractivity contribution in [2.75, 3.05) is 7.05 Å². The van der Waals surface area contributed by atoms with Crippen molar-refractivity contribution >= 4 is 16.8 Å². The molecule has 33 heavy (non-hydrogen) atoms. The van der Waals surface area contributed by atoms with Gasteiger partial charge >= 0.3 is 0 Å². The van der Waals surface area contributed by atoms with Crippen molar-refractivity contribution in [2.45, 2.75) is 44.7 Å². The quantitative estimate of drug-likeness (QED) is 0.433. The van der Waals surface area contributed by atoms with Gasteiger partial charge < -0.3 is 13.9 Å².